The Morgan fingerprint density at radius 1 is 1.05 bits per heavy atom. The van der Waals surface area contributed by atoms with Crippen molar-refractivity contribution in [3.8, 4) is 16.9 Å². The van der Waals surface area contributed by atoms with Crippen molar-refractivity contribution in [3.63, 3.8) is 0 Å². The number of likely N-dealkylation sites (N-methyl/N-ethyl adjacent to an activating group) is 1. The van der Waals surface area contributed by atoms with Crippen LogP contribution in [0.5, 0.6) is 5.75 Å². The van der Waals surface area contributed by atoms with Gasteiger partial charge in [-0.1, -0.05) is 43.3 Å². The molecule has 2 aromatic carbocycles. The van der Waals surface area contributed by atoms with E-state index in [0.29, 0.717) is 6.61 Å². The topological polar surface area (TPSA) is 21.3 Å². The lowest BCUT2D eigenvalue weighted by atomic mass is 10.1. The number of hydrogen-bond donors (Lipinski definition) is 1. The van der Waals surface area contributed by atoms with Gasteiger partial charge in [-0.15, -0.1) is 0 Å². The van der Waals surface area contributed by atoms with Gasteiger partial charge < -0.3 is 10.1 Å². The molecular weight excluding hydrogens is 302 g/mol. The van der Waals surface area contributed by atoms with Crippen molar-refractivity contribution in [1.82, 2.24) is 5.32 Å². The van der Waals surface area contributed by atoms with Gasteiger partial charge in [0.25, 0.3) is 0 Å². The van der Waals surface area contributed by atoms with Crippen molar-refractivity contribution in [2.75, 3.05) is 19.7 Å². The lowest BCUT2D eigenvalue weighted by molar-refractivity contribution is 0.313. The first-order chi connectivity index (χ1) is 9.31. The normalized spacial score (nSPS) is 10.4. The van der Waals surface area contributed by atoms with Crippen molar-refractivity contribution in [2.24, 2.45) is 0 Å². The van der Waals surface area contributed by atoms with Crippen LogP contribution in [0.1, 0.15) is 6.92 Å². The summed E-state index contributed by atoms with van der Waals surface area (Å²) in [5, 5.41) is 3.23. The predicted molar refractivity (Wildman–Crippen MR) is 83.6 cm³/mol. The largest absolute Gasteiger partial charge is 0.491 e. The predicted octanol–water partition coefficient (Wildman–Crippen LogP) is 4.10. The van der Waals surface area contributed by atoms with Crippen molar-refractivity contribution >= 4 is 15.9 Å². The highest BCUT2D eigenvalue weighted by molar-refractivity contribution is 9.10. The molecule has 2 nitrogen and oxygen atoms in total. The maximum absolute atomic E-state index is 5.72. The zero-order chi connectivity index (χ0) is 13.5. The third-order valence-electron chi connectivity index (χ3n) is 2.83. The van der Waals surface area contributed by atoms with Gasteiger partial charge in [0.15, 0.2) is 0 Å². The summed E-state index contributed by atoms with van der Waals surface area (Å²) in [6.45, 7) is 4.60. The lowest BCUT2D eigenvalue weighted by Gasteiger charge is -2.10. The minimum Gasteiger partial charge on any atom is -0.491 e. The van der Waals surface area contributed by atoms with Crippen LogP contribution in [0.25, 0.3) is 11.1 Å². The molecule has 100 valence electrons. The first-order valence-electron chi connectivity index (χ1n) is 6.49. The minimum atomic E-state index is 0.678. The number of rotatable bonds is 6. The van der Waals surface area contributed by atoms with E-state index in [4.69, 9.17) is 4.74 Å². The number of nitrogens with one attached hydrogen (secondary N) is 1. The number of hydrogen-bond acceptors (Lipinski definition) is 2. The van der Waals surface area contributed by atoms with Crippen LogP contribution in [0.3, 0.4) is 0 Å². The van der Waals surface area contributed by atoms with E-state index in [-0.39, 0.29) is 0 Å². The highest BCUT2D eigenvalue weighted by Crippen LogP contribution is 2.30. The number of halogens is 1. The monoisotopic (exact) mass is 319 g/mol. The van der Waals surface area contributed by atoms with Gasteiger partial charge in [0, 0.05) is 6.54 Å². The Labute approximate surface area is 122 Å². The quantitative estimate of drug-likeness (QED) is 0.809. The van der Waals surface area contributed by atoms with Gasteiger partial charge in [-0.25, -0.2) is 0 Å². The Bertz CT molecular complexity index is 513. The van der Waals surface area contributed by atoms with Gasteiger partial charge in [-0.3, -0.25) is 0 Å². The molecule has 0 aliphatic heterocycles. The zero-order valence-electron chi connectivity index (χ0n) is 11.0. The molecular formula is C16H18BrNO. The van der Waals surface area contributed by atoms with Crippen LogP contribution in [0.2, 0.25) is 0 Å². The van der Waals surface area contributed by atoms with E-state index in [2.05, 4.69) is 52.4 Å². The van der Waals surface area contributed by atoms with Crippen LogP contribution in [0.15, 0.2) is 53.0 Å². The molecule has 1 N–H and O–H groups in total. The van der Waals surface area contributed by atoms with E-state index in [0.717, 1.165) is 23.3 Å². The number of benzene rings is 2. The van der Waals surface area contributed by atoms with Gasteiger partial charge in [0.2, 0.25) is 0 Å². The maximum Gasteiger partial charge on any atom is 0.133 e. The summed E-state index contributed by atoms with van der Waals surface area (Å²) in [4.78, 5) is 0. The van der Waals surface area contributed by atoms with Gasteiger partial charge in [-0.2, -0.15) is 0 Å². The molecule has 0 aliphatic carbocycles. The van der Waals surface area contributed by atoms with Gasteiger partial charge in [0.05, 0.1) is 4.47 Å². The molecule has 0 atom stereocenters. The minimum absolute atomic E-state index is 0.678. The SMILES string of the molecule is CCNCCOc1ccc(-c2ccccc2)cc1Br. The maximum atomic E-state index is 5.72. The Morgan fingerprint density at radius 2 is 1.84 bits per heavy atom. The molecule has 2 aromatic rings. The molecule has 0 aromatic heterocycles. The lowest BCUT2D eigenvalue weighted by Crippen LogP contribution is -2.20. The fourth-order valence-corrected chi connectivity index (χ4v) is 2.33. The zero-order valence-corrected chi connectivity index (χ0v) is 12.6. The molecule has 0 radical (unpaired) electrons. The first kappa shape index (κ1) is 14.1. The molecule has 0 amide bonds. The van der Waals surface area contributed by atoms with Crippen molar-refractivity contribution in [3.05, 3.63) is 53.0 Å². The van der Waals surface area contributed by atoms with E-state index in [9.17, 15) is 0 Å². The van der Waals surface area contributed by atoms with Crippen LogP contribution >= 0.6 is 15.9 Å². The van der Waals surface area contributed by atoms with Gasteiger partial charge in [0.1, 0.15) is 12.4 Å². The Balaban J connectivity index is 2.05. The summed E-state index contributed by atoms with van der Waals surface area (Å²) in [6, 6.07) is 16.5. The first-order valence-corrected chi connectivity index (χ1v) is 7.29. The summed E-state index contributed by atoms with van der Waals surface area (Å²) in [5.74, 6) is 0.887. The molecule has 19 heavy (non-hydrogen) atoms. The van der Waals surface area contributed by atoms with E-state index in [1.165, 1.54) is 11.1 Å². The standard InChI is InChI=1S/C16H18BrNO/c1-2-18-10-11-19-16-9-8-14(12-15(16)17)13-6-4-3-5-7-13/h3-9,12,18H,2,10-11H2,1H3. The third-order valence-corrected chi connectivity index (χ3v) is 3.45. The molecule has 0 unspecified atom stereocenters. The van der Waals surface area contributed by atoms with Crippen LogP contribution < -0.4 is 10.1 Å². The molecule has 3 heteroatoms. The molecule has 0 bridgehead atoms. The summed E-state index contributed by atoms with van der Waals surface area (Å²) in [7, 11) is 0. The van der Waals surface area contributed by atoms with Crippen LogP contribution in [0, 0.1) is 0 Å². The Kier molecular flexibility index (Phi) is 5.43. The van der Waals surface area contributed by atoms with Crippen molar-refractivity contribution < 1.29 is 4.74 Å². The second-order valence-electron chi connectivity index (χ2n) is 4.21. The average Bonchev–Trinajstić information content (AvgIpc) is 2.46. The highest BCUT2D eigenvalue weighted by Gasteiger charge is 2.04. The Morgan fingerprint density at radius 3 is 2.53 bits per heavy atom. The summed E-state index contributed by atoms with van der Waals surface area (Å²) >= 11 is 3.57. The van der Waals surface area contributed by atoms with Crippen LogP contribution in [-0.2, 0) is 0 Å². The molecule has 0 saturated heterocycles. The van der Waals surface area contributed by atoms with Crippen molar-refractivity contribution in [2.45, 2.75) is 6.92 Å². The second kappa shape index (κ2) is 7.31. The van der Waals surface area contributed by atoms with E-state index in [1.807, 2.05) is 24.3 Å². The van der Waals surface area contributed by atoms with Gasteiger partial charge in [-0.05, 0) is 45.7 Å². The van der Waals surface area contributed by atoms with Crippen LogP contribution in [0.4, 0.5) is 0 Å². The highest BCUT2D eigenvalue weighted by atomic mass is 79.9. The van der Waals surface area contributed by atoms with Gasteiger partial charge >= 0.3 is 0 Å². The summed E-state index contributed by atoms with van der Waals surface area (Å²) < 4.78 is 6.71. The second-order valence-corrected chi connectivity index (χ2v) is 5.07. The molecule has 0 spiro atoms. The van der Waals surface area contributed by atoms with E-state index < -0.39 is 0 Å². The molecule has 0 saturated carbocycles. The van der Waals surface area contributed by atoms with E-state index >= 15 is 0 Å². The Hall–Kier alpha value is -1.32. The molecule has 0 heterocycles. The summed E-state index contributed by atoms with van der Waals surface area (Å²) in [6.07, 6.45) is 0. The molecule has 0 fully saturated rings. The molecule has 2 rings (SSSR count). The average molecular weight is 320 g/mol. The summed E-state index contributed by atoms with van der Waals surface area (Å²) in [5.41, 5.74) is 2.40. The number of ether oxygens (including phenoxy) is 1. The van der Waals surface area contributed by atoms with Crippen molar-refractivity contribution in [1.29, 1.82) is 0 Å². The van der Waals surface area contributed by atoms with E-state index in [1.54, 1.807) is 0 Å². The van der Waals surface area contributed by atoms with Crippen LogP contribution in [-0.4, -0.2) is 19.7 Å². The third kappa shape index (κ3) is 4.08. The smallest absolute Gasteiger partial charge is 0.133 e. The fourth-order valence-electron chi connectivity index (χ4n) is 1.84. The fraction of sp³-hybridized carbons (Fsp3) is 0.250. The molecule has 0 aliphatic rings.